The van der Waals surface area contributed by atoms with Crippen LogP contribution in [0.15, 0.2) is 12.1 Å². The van der Waals surface area contributed by atoms with Crippen molar-refractivity contribution in [1.29, 1.82) is 0 Å². The minimum Gasteiger partial charge on any atom is -0.389 e. The monoisotopic (exact) mass is 263 g/mol. The van der Waals surface area contributed by atoms with Crippen LogP contribution in [-0.2, 0) is 0 Å². The van der Waals surface area contributed by atoms with Crippen LogP contribution in [0.5, 0.6) is 0 Å². The molecule has 1 aromatic rings. The van der Waals surface area contributed by atoms with Gasteiger partial charge in [-0.1, -0.05) is 26.1 Å². The predicted octanol–water partition coefficient (Wildman–Crippen LogP) is 2.51. The maximum atomic E-state index is 5.72. The van der Waals surface area contributed by atoms with Crippen molar-refractivity contribution < 1.29 is 0 Å². The molecular weight excluding hydrogens is 242 g/mol. The maximum Gasteiger partial charge on any atom is 0.129 e. The third kappa shape index (κ3) is 2.80. The van der Waals surface area contributed by atoms with Crippen LogP contribution in [-0.4, -0.2) is 23.1 Å². The molecule has 2 atom stereocenters. The molecule has 2 N–H and O–H groups in total. The zero-order chi connectivity index (χ0) is 13.3. The first-order valence-corrected chi connectivity index (χ1v) is 6.91. The predicted molar refractivity (Wildman–Crippen MR) is 80.0 cm³/mol. The van der Waals surface area contributed by atoms with Crippen LogP contribution in [0.4, 0.5) is 5.82 Å². The van der Waals surface area contributed by atoms with Gasteiger partial charge in [-0.3, -0.25) is 0 Å². The van der Waals surface area contributed by atoms with E-state index >= 15 is 0 Å². The average molecular weight is 263 g/mol. The van der Waals surface area contributed by atoms with Gasteiger partial charge in [0.15, 0.2) is 0 Å². The first-order valence-electron chi connectivity index (χ1n) is 6.51. The van der Waals surface area contributed by atoms with Crippen LogP contribution in [0, 0.1) is 18.8 Å². The second-order valence-electron chi connectivity index (χ2n) is 5.41. The molecule has 4 heteroatoms. The molecular formula is C14H21N3S. The molecule has 2 heterocycles. The van der Waals surface area contributed by atoms with Gasteiger partial charge in [-0.2, -0.15) is 0 Å². The molecule has 1 aliphatic heterocycles. The number of aromatic nitrogens is 1. The number of rotatable bonds is 2. The number of aryl methyl sites for hydroxylation is 1. The fourth-order valence-electron chi connectivity index (χ4n) is 2.43. The van der Waals surface area contributed by atoms with Crippen LogP contribution in [0.1, 0.15) is 31.5 Å². The molecule has 3 nitrogen and oxygen atoms in total. The largest absolute Gasteiger partial charge is 0.389 e. The lowest BCUT2D eigenvalue weighted by atomic mass is 9.89. The molecule has 0 radical (unpaired) electrons. The van der Waals surface area contributed by atoms with E-state index in [1.54, 1.807) is 0 Å². The lowest BCUT2D eigenvalue weighted by Crippen LogP contribution is -2.39. The summed E-state index contributed by atoms with van der Waals surface area (Å²) < 4.78 is 0. The Kier molecular flexibility index (Phi) is 3.85. The van der Waals surface area contributed by atoms with Crippen LogP contribution < -0.4 is 10.6 Å². The molecule has 0 amide bonds. The van der Waals surface area contributed by atoms with Gasteiger partial charge in [0.2, 0.25) is 0 Å². The summed E-state index contributed by atoms with van der Waals surface area (Å²) in [6.07, 6.45) is 1.22. The molecule has 1 fully saturated rings. The van der Waals surface area contributed by atoms with Crippen molar-refractivity contribution in [3.8, 4) is 0 Å². The summed E-state index contributed by atoms with van der Waals surface area (Å²) in [6.45, 7) is 8.75. The Hall–Kier alpha value is -1.16. The number of nitrogens with two attached hydrogens (primary N) is 1. The first kappa shape index (κ1) is 13.3. The third-order valence-corrected chi connectivity index (χ3v) is 4.12. The molecule has 18 heavy (non-hydrogen) atoms. The fourth-order valence-corrected chi connectivity index (χ4v) is 2.54. The summed E-state index contributed by atoms with van der Waals surface area (Å²) in [5, 5.41) is 0. The van der Waals surface area contributed by atoms with E-state index in [0.29, 0.717) is 10.9 Å². The first-order chi connectivity index (χ1) is 8.47. The van der Waals surface area contributed by atoms with Gasteiger partial charge in [0.25, 0.3) is 0 Å². The number of pyridine rings is 1. The summed E-state index contributed by atoms with van der Waals surface area (Å²) in [6, 6.07) is 3.96. The van der Waals surface area contributed by atoms with Gasteiger partial charge >= 0.3 is 0 Å². The van der Waals surface area contributed by atoms with Gasteiger partial charge in [-0.15, -0.1) is 0 Å². The Balaban J connectivity index is 2.25. The van der Waals surface area contributed by atoms with Crippen molar-refractivity contribution in [3.05, 3.63) is 23.4 Å². The molecule has 0 bridgehead atoms. The van der Waals surface area contributed by atoms with Crippen molar-refractivity contribution in [3.63, 3.8) is 0 Å². The van der Waals surface area contributed by atoms with Crippen molar-refractivity contribution >= 4 is 23.0 Å². The van der Waals surface area contributed by atoms with Crippen molar-refractivity contribution in [2.45, 2.75) is 27.2 Å². The van der Waals surface area contributed by atoms with E-state index in [1.165, 1.54) is 6.42 Å². The van der Waals surface area contributed by atoms with E-state index in [2.05, 4.69) is 23.7 Å². The molecule has 0 spiro atoms. The topological polar surface area (TPSA) is 42.1 Å². The normalized spacial score (nSPS) is 24.1. The number of piperidine rings is 1. The van der Waals surface area contributed by atoms with E-state index in [4.69, 9.17) is 18.0 Å². The van der Waals surface area contributed by atoms with Gasteiger partial charge in [0, 0.05) is 24.3 Å². The Labute approximate surface area is 114 Å². The van der Waals surface area contributed by atoms with Gasteiger partial charge in [0.1, 0.15) is 10.8 Å². The highest BCUT2D eigenvalue weighted by atomic mass is 32.1. The number of thiocarbonyl (C=S) groups is 1. The third-order valence-electron chi connectivity index (χ3n) is 3.88. The summed E-state index contributed by atoms with van der Waals surface area (Å²) in [5.74, 6) is 2.51. The second-order valence-corrected chi connectivity index (χ2v) is 5.85. The zero-order valence-corrected chi connectivity index (χ0v) is 12.1. The van der Waals surface area contributed by atoms with Crippen molar-refractivity contribution in [1.82, 2.24) is 4.98 Å². The quantitative estimate of drug-likeness (QED) is 0.833. The van der Waals surface area contributed by atoms with Crippen LogP contribution in [0.25, 0.3) is 0 Å². The molecule has 98 valence electrons. The second kappa shape index (κ2) is 5.22. The smallest absolute Gasteiger partial charge is 0.129 e. The van der Waals surface area contributed by atoms with E-state index < -0.39 is 0 Å². The van der Waals surface area contributed by atoms with Crippen molar-refractivity contribution in [2.75, 3.05) is 18.0 Å². The Morgan fingerprint density at radius 1 is 1.39 bits per heavy atom. The Morgan fingerprint density at radius 3 is 2.72 bits per heavy atom. The average Bonchev–Trinajstić information content (AvgIpc) is 2.31. The summed E-state index contributed by atoms with van der Waals surface area (Å²) in [7, 11) is 0. The summed E-state index contributed by atoms with van der Waals surface area (Å²) in [4.78, 5) is 7.40. The maximum absolute atomic E-state index is 5.72. The number of anilines is 1. The number of hydrogen-bond donors (Lipinski definition) is 1. The van der Waals surface area contributed by atoms with E-state index in [-0.39, 0.29) is 0 Å². The standard InChI is InChI=1S/C14H21N3S/c1-9-4-5-17(8-10(9)2)13-7-12(14(15)18)6-11(3)16-13/h6-7,9-10H,4-5,8H2,1-3H3,(H2,15,18). The number of hydrogen-bond acceptors (Lipinski definition) is 3. The summed E-state index contributed by atoms with van der Waals surface area (Å²) >= 11 is 5.06. The lowest BCUT2D eigenvalue weighted by Gasteiger charge is -2.36. The van der Waals surface area contributed by atoms with Crippen molar-refractivity contribution in [2.24, 2.45) is 17.6 Å². The van der Waals surface area contributed by atoms with E-state index in [1.807, 2.05) is 19.1 Å². The minimum atomic E-state index is 0.445. The molecule has 1 saturated heterocycles. The highest BCUT2D eigenvalue weighted by Crippen LogP contribution is 2.26. The molecule has 1 aliphatic rings. The van der Waals surface area contributed by atoms with E-state index in [9.17, 15) is 0 Å². The van der Waals surface area contributed by atoms with Crippen LogP contribution in [0.3, 0.4) is 0 Å². The van der Waals surface area contributed by atoms with Crippen LogP contribution >= 0.6 is 12.2 Å². The van der Waals surface area contributed by atoms with E-state index in [0.717, 1.165) is 36.1 Å². The molecule has 2 unspecified atom stereocenters. The molecule has 0 saturated carbocycles. The molecule has 1 aromatic heterocycles. The highest BCUT2D eigenvalue weighted by Gasteiger charge is 2.23. The Morgan fingerprint density at radius 2 is 2.11 bits per heavy atom. The molecule has 0 aromatic carbocycles. The lowest BCUT2D eigenvalue weighted by molar-refractivity contribution is 0.323. The molecule has 0 aliphatic carbocycles. The van der Waals surface area contributed by atoms with Gasteiger partial charge in [-0.25, -0.2) is 4.98 Å². The van der Waals surface area contributed by atoms with Gasteiger partial charge in [0.05, 0.1) is 0 Å². The van der Waals surface area contributed by atoms with Crippen LogP contribution in [0.2, 0.25) is 0 Å². The number of nitrogens with zero attached hydrogens (tertiary/aromatic N) is 2. The fraction of sp³-hybridized carbons (Fsp3) is 0.571. The minimum absolute atomic E-state index is 0.445. The molecule has 2 rings (SSSR count). The zero-order valence-electron chi connectivity index (χ0n) is 11.3. The highest BCUT2D eigenvalue weighted by molar-refractivity contribution is 7.80. The van der Waals surface area contributed by atoms with Gasteiger partial charge < -0.3 is 10.6 Å². The SMILES string of the molecule is Cc1cc(C(N)=S)cc(N2CCC(C)C(C)C2)n1. The Bertz CT molecular complexity index is 458. The van der Waals surface area contributed by atoms with Gasteiger partial charge in [-0.05, 0) is 37.3 Å². The summed E-state index contributed by atoms with van der Waals surface area (Å²) in [5.41, 5.74) is 7.60.